The maximum Gasteiger partial charge on any atom is 1.00 e. The third kappa shape index (κ3) is 6.39. The number of hydrogen-bond acceptors (Lipinski definition) is 6. The van der Waals surface area contributed by atoms with Crippen molar-refractivity contribution in [1.29, 1.82) is 0 Å². The predicted octanol–water partition coefficient (Wildman–Crippen LogP) is -6.79. The fourth-order valence-electron chi connectivity index (χ4n) is 0.604. The van der Waals surface area contributed by atoms with E-state index in [0.717, 1.165) is 0 Å². The number of aliphatic carboxylic acids is 1. The number of aliphatic hydroxyl groups excluding tert-OH is 4. The zero-order chi connectivity index (χ0) is 9.72. The molecule has 0 spiro atoms. The molecule has 7 heteroatoms. The normalized spacial score (nSPS) is 16.9. The Morgan fingerprint density at radius 2 is 1.69 bits per heavy atom. The van der Waals surface area contributed by atoms with Crippen molar-refractivity contribution in [2.75, 3.05) is 6.61 Å². The van der Waals surface area contributed by atoms with E-state index < -0.39 is 37.3 Å². The Labute approximate surface area is 97.1 Å². The van der Waals surface area contributed by atoms with E-state index in [4.69, 9.17) is 20.4 Å². The van der Waals surface area contributed by atoms with Crippen LogP contribution >= 0.6 is 0 Å². The zero-order valence-electron chi connectivity index (χ0n) is 7.25. The van der Waals surface area contributed by atoms with Crippen molar-refractivity contribution >= 4 is 5.97 Å². The second-order valence-electron chi connectivity index (χ2n) is 2.39. The molecule has 0 saturated carbocycles. The summed E-state index contributed by atoms with van der Waals surface area (Å²) in [7, 11) is 0. The Morgan fingerprint density at radius 1 is 1.23 bits per heavy atom. The quantitative estimate of drug-likeness (QED) is 0.329. The molecular formula is C6H11NaO6. The van der Waals surface area contributed by atoms with Crippen LogP contribution in [0.5, 0.6) is 0 Å². The van der Waals surface area contributed by atoms with Crippen LogP contribution in [0.3, 0.4) is 0 Å². The first-order valence-corrected chi connectivity index (χ1v) is 3.35. The molecule has 0 radical (unpaired) electrons. The van der Waals surface area contributed by atoms with E-state index in [9.17, 15) is 9.90 Å². The van der Waals surface area contributed by atoms with Gasteiger partial charge in [-0.15, -0.1) is 0 Å². The standard InChI is InChI=1S/C6H12O6.Na/c7-2-5(10)3(8)1-4(9)6(11)12;/h3-5,7-10H,1-2H2,(H,11,12);/q;+1/p-1/t3-,4-,5+;/m0./s1. The van der Waals surface area contributed by atoms with Crippen molar-refractivity contribution < 1.29 is 59.9 Å². The van der Waals surface area contributed by atoms with Crippen LogP contribution in [0.25, 0.3) is 0 Å². The van der Waals surface area contributed by atoms with Crippen LogP contribution in [-0.4, -0.2) is 51.3 Å². The maximum atomic E-state index is 9.93. The summed E-state index contributed by atoms with van der Waals surface area (Å²) < 4.78 is 0. The van der Waals surface area contributed by atoms with E-state index in [1.54, 1.807) is 0 Å². The number of carbonyl (C=O) groups is 1. The van der Waals surface area contributed by atoms with Gasteiger partial charge in [-0.3, -0.25) is 0 Å². The minimum absolute atomic E-state index is 0. The van der Waals surface area contributed by atoms with Crippen LogP contribution in [0.15, 0.2) is 0 Å². The summed E-state index contributed by atoms with van der Waals surface area (Å²) in [5.41, 5.74) is 0. The van der Waals surface area contributed by atoms with Crippen molar-refractivity contribution in [3.8, 4) is 0 Å². The second kappa shape index (κ2) is 7.69. The molecular weight excluding hydrogens is 191 g/mol. The van der Waals surface area contributed by atoms with Gasteiger partial charge in [0.1, 0.15) is 6.10 Å². The van der Waals surface area contributed by atoms with Gasteiger partial charge in [0, 0.05) is 6.42 Å². The predicted molar refractivity (Wildman–Crippen MR) is 34.7 cm³/mol. The molecule has 4 N–H and O–H groups in total. The number of carboxylic acids is 1. The molecule has 0 saturated heterocycles. The molecule has 0 aliphatic heterocycles. The Balaban J connectivity index is 0. The molecule has 0 rings (SSSR count). The third-order valence-corrected chi connectivity index (χ3v) is 1.37. The van der Waals surface area contributed by atoms with Crippen LogP contribution in [0, 0.1) is 0 Å². The molecule has 0 aliphatic rings. The first-order valence-electron chi connectivity index (χ1n) is 3.35. The summed E-state index contributed by atoms with van der Waals surface area (Å²) in [6.07, 6.45) is -5.31. The van der Waals surface area contributed by atoms with E-state index in [0.29, 0.717) is 0 Å². The molecule has 0 amide bonds. The Morgan fingerprint density at radius 3 is 2.00 bits per heavy atom. The van der Waals surface area contributed by atoms with Gasteiger partial charge in [0.25, 0.3) is 0 Å². The van der Waals surface area contributed by atoms with Crippen molar-refractivity contribution in [1.82, 2.24) is 0 Å². The first kappa shape index (κ1) is 15.8. The Bertz CT molecular complexity index is 152. The summed E-state index contributed by atoms with van der Waals surface area (Å²) in [6, 6.07) is 0. The maximum absolute atomic E-state index is 9.93. The van der Waals surface area contributed by atoms with Crippen LogP contribution in [0.2, 0.25) is 0 Å². The van der Waals surface area contributed by atoms with E-state index in [2.05, 4.69) is 0 Å². The summed E-state index contributed by atoms with van der Waals surface area (Å²) in [4.78, 5) is 9.93. The van der Waals surface area contributed by atoms with Crippen molar-refractivity contribution in [2.45, 2.75) is 24.7 Å². The molecule has 72 valence electrons. The van der Waals surface area contributed by atoms with Gasteiger partial charge in [-0.05, 0) is 0 Å². The van der Waals surface area contributed by atoms with Crippen LogP contribution in [-0.2, 0) is 4.79 Å². The van der Waals surface area contributed by atoms with Gasteiger partial charge in [-0.2, -0.15) is 0 Å². The van der Waals surface area contributed by atoms with Crippen molar-refractivity contribution in [3.63, 3.8) is 0 Å². The Kier molecular flexibility index (Phi) is 9.33. The SMILES string of the molecule is O=C([O-])[C@@H](O)C[C@H](O)[C@H](O)CO.[Na+]. The number of carbonyl (C=O) groups excluding carboxylic acids is 1. The number of carboxylic acid groups (broad SMARTS) is 1. The van der Waals surface area contributed by atoms with Gasteiger partial charge in [0.05, 0.1) is 24.8 Å². The average Bonchev–Trinajstić information content (AvgIpc) is 2.02. The molecule has 0 unspecified atom stereocenters. The van der Waals surface area contributed by atoms with Crippen molar-refractivity contribution in [3.05, 3.63) is 0 Å². The summed E-state index contributed by atoms with van der Waals surface area (Å²) in [5, 5.41) is 44.5. The summed E-state index contributed by atoms with van der Waals surface area (Å²) in [6.45, 7) is -0.694. The van der Waals surface area contributed by atoms with Crippen molar-refractivity contribution in [2.24, 2.45) is 0 Å². The van der Waals surface area contributed by atoms with Crippen LogP contribution < -0.4 is 34.7 Å². The molecule has 0 aromatic heterocycles. The topological polar surface area (TPSA) is 121 Å². The fourth-order valence-corrected chi connectivity index (χ4v) is 0.604. The van der Waals surface area contributed by atoms with Gasteiger partial charge >= 0.3 is 29.6 Å². The van der Waals surface area contributed by atoms with Crippen LogP contribution in [0.4, 0.5) is 0 Å². The molecule has 0 aliphatic carbocycles. The largest absolute Gasteiger partial charge is 1.00 e. The second-order valence-corrected chi connectivity index (χ2v) is 2.39. The number of rotatable bonds is 5. The zero-order valence-corrected chi connectivity index (χ0v) is 9.25. The van der Waals surface area contributed by atoms with Gasteiger partial charge in [-0.25, -0.2) is 0 Å². The van der Waals surface area contributed by atoms with Gasteiger partial charge in [-0.1, -0.05) is 0 Å². The molecule has 0 aromatic rings. The van der Waals surface area contributed by atoms with E-state index in [1.165, 1.54) is 0 Å². The van der Waals surface area contributed by atoms with Crippen LogP contribution in [0.1, 0.15) is 6.42 Å². The van der Waals surface area contributed by atoms with Gasteiger partial charge in [0.15, 0.2) is 0 Å². The molecule has 3 atom stereocenters. The van der Waals surface area contributed by atoms with Gasteiger partial charge < -0.3 is 30.3 Å². The molecule has 0 fully saturated rings. The van der Waals surface area contributed by atoms with E-state index in [1.807, 2.05) is 0 Å². The molecule has 0 heterocycles. The van der Waals surface area contributed by atoms with E-state index >= 15 is 0 Å². The Hall–Kier alpha value is 0.310. The molecule has 6 nitrogen and oxygen atoms in total. The minimum Gasteiger partial charge on any atom is -0.547 e. The third-order valence-electron chi connectivity index (χ3n) is 1.37. The number of hydrogen-bond donors (Lipinski definition) is 4. The molecule has 0 aromatic carbocycles. The molecule has 13 heavy (non-hydrogen) atoms. The fraction of sp³-hybridized carbons (Fsp3) is 0.833. The van der Waals surface area contributed by atoms with E-state index in [-0.39, 0.29) is 29.6 Å². The smallest absolute Gasteiger partial charge is 0.547 e. The monoisotopic (exact) mass is 202 g/mol. The molecule has 0 bridgehead atoms. The summed E-state index contributed by atoms with van der Waals surface area (Å²) in [5.74, 6) is -1.72. The minimum atomic E-state index is -1.83. The average molecular weight is 202 g/mol. The summed E-state index contributed by atoms with van der Waals surface area (Å²) >= 11 is 0. The van der Waals surface area contributed by atoms with Gasteiger partial charge in [0.2, 0.25) is 0 Å². The number of aliphatic hydroxyl groups is 4. The first-order chi connectivity index (χ1) is 5.49.